The van der Waals surface area contributed by atoms with Crippen LogP contribution in [0.4, 0.5) is 0 Å². The van der Waals surface area contributed by atoms with Gasteiger partial charge in [0, 0.05) is 0 Å². The maximum Gasteiger partial charge on any atom is 0.239 e. The maximum absolute atomic E-state index is 11.6. The van der Waals surface area contributed by atoms with Crippen LogP contribution in [0.25, 0.3) is 0 Å². The van der Waals surface area contributed by atoms with E-state index in [9.17, 15) is 4.79 Å². The topological polar surface area (TPSA) is 55.6 Å². The van der Waals surface area contributed by atoms with Crippen LogP contribution in [0.2, 0.25) is 0 Å². The fraction of sp³-hybridized carbons (Fsp3) is 0.462. The molecule has 17 heavy (non-hydrogen) atoms. The van der Waals surface area contributed by atoms with Crippen molar-refractivity contribution in [3.05, 3.63) is 29.8 Å². The van der Waals surface area contributed by atoms with Gasteiger partial charge in [0.15, 0.2) is 0 Å². The van der Waals surface area contributed by atoms with E-state index in [2.05, 4.69) is 4.90 Å². The lowest BCUT2D eigenvalue weighted by Gasteiger charge is -2.25. The molecule has 2 rings (SSSR count). The molecule has 1 aliphatic rings. The van der Waals surface area contributed by atoms with Crippen LogP contribution in [-0.2, 0) is 4.79 Å². The maximum atomic E-state index is 11.6. The van der Waals surface area contributed by atoms with Crippen LogP contribution in [0, 0.1) is 0 Å². The minimum absolute atomic E-state index is 0.280. The molecule has 0 radical (unpaired) electrons. The molecular weight excluding hydrogens is 216 g/mol. The van der Waals surface area contributed by atoms with Crippen LogP contribution in [-0.4, -0.2) is 31.0 Å². The number of hydrogen-bond donors (Lipinski definition) is 1. The van der Waals surface area contributed by atoms with Gasteiger partial charge < -0.3 is 10.5 Å². The molecule has 0 aromatic heterocycles. The molecule has 4 nitrogen and oxygen atoms in total. The third-order valence-corrected chi connectivity index (χ3v) is 3.21. The second-order valence-electron chi connectivity index (χ2n) is 4.32. The Morgan fingerprint density at radius 1 is 1.29 bits per heavy atom. The van der Waals surface area contributed by atoms with E-state index in [1.165, 1.54) is 0 Å². The lowest BCUT2D eigenvalue weighted by atomic mass is 10.0. The van der Waals surface area contributed by atoms with Crippen LogP contribution < -0.4 is 10.5 Å². The van der Waals surface area contributed by atoms with E-state index in [1.54, 1.807) is 7.11 Å². The highest BCUT2D eigenvalue weighted by atomic mass is 16.5. The molecule has 1 heterocycles. The first kappa shape index (κ1) is 11.9. The quantitative estimate of drug-likeness (QED) is 0.854. The number of ether oxygens (including phenoxy) is 1. The number of benzene rings is 1. The van der Waals surface area contributed by atoms with Crippen molar-refractivity contribution >= 4 is 5.91 Å². The molecule has 2 N–H and O–H groups in total. The Hall–Kier alpha value is -1.55. The molecule has 4 heteroatoms. The molecule has 0 saturated carbocycles. The molecule has 0 bridgehead atoms. The minimum Gasteiger partial charge on any atom is -0.497 e. The number of primary amides is 1. The van der Waals surface area contributed by atoms with Crippen molar-refractivity contribution < 1.29 is 9.53 Å². The molecular formula is C13H18N2O2. The predicted molar refractivity (Wildman–Crippen MR) is 65.7 cm³/mol. The molecule has 1 saturated heterocycles. The van der Waals surface area contributed by atoms with E-state index < -0.39 is 0 Å². The monoisotopic (exact) mass is 234 g/mol. The SMILES string of the molecule is COc1ccc([C@H](C(N)=O)N2CCCC2)cc1. The highest BCUT2D eigenvalue weighted by Crippen LogP contribution is 2.26. The summed E-state index contributed by atoms with van der Waals surface area (Å²) in [6, 6.07) is 7.24. The first-order valence-electron chi connectivity index (χ1n) is 5.89. The zero-order chi connectivity index (χ0) is 12.3. The summed E-state index contributed by atoms with van der Waals surface area (Å²) in [5.41, 5.74) is 6.45. The van der Waals surface area contributed by atoms with Gasteiger partial charge >= 0.3 is 0 Å². The molecule has 0 unspecified atom stereocenters. The number of nitrogens with zero attached hydrogens (tertiary/aromatic N) is 1. The Morgan fingerprint density at radius 3 is 2.35 bits per heavy atom. The van der Waals surface area contributed by atoms with Crippen LogP contribution in [0.15, 0.2) is 24.3 Å². The van der Waals surface area contributed by atoms with Crippen molar-refractivity contribution in [2.24, 2.45) is 5.73 Å². The fourth-order valence-electron chi connectivity index (χ4n) is 2.34. The average Bonchev–Trinajstić information content (AvgIpc) is 2.83. The van der Waals surface area contributed by atoms with Crippen LogP contribution >= 0.6 is 0 Å². The Labute approximate surface area is 101 Å². The summed E-state index contributed by atoms with van der Waals surface area (Å²) in [6.07, 6.45) is 2.28. The summed E-state index contributed by atoms with van der Waals surface area (Å²) in [5, 5.41) is 0. The van der Waals surface area contributed by atoms with E-state index in [-0.39, 0.29) is 11.9 Å². The van der Waals surface area contributed by atoms with Gasteiger partial charge in [-0.1, -0.05) is 12.1 Å². The van der Waals surface area contributed by atoms with Crippen molar-refractivity contribution in [3.63, 3.8) is 0 Å². The highest BCUT2D eigenvalue weighted by molar-refractivity contribution is 5.81. The van der Waals surface area contributed by atoms with E-state index >= 15 is 0 Å². The Kier molecular flexibility index (Phi) is 3.64. The summed E-state index contributed by atoms with van der Waals surface area (Å²) in [7, 11) is 1.63. The van der Waals surface area contributed by atoms with Crippen molar-refractivity contribution in [2.45, 2.75) is 18.9 Å². The number of nitrogens with two attached hydrogens (primary N) is 1. The van der Waals surface area contributed by atoms with E-state index in [4.69, 9.17) is 10.5 Å². The molecule has 1 aliphatic heterocycles. The Morgan fingerprint density at radius 2 is 1.88 bits per heavy atom. The number of rotatable bonds is 4. The normalized spacial score (nSPS) is 17.9. The standard InChI is InChI=1S/C13H18N2O2/c1-17-11-6-4-10(5-7-11)12(13(14)16)15-8-2-3-9-15/h4-7,12H,2-3,8-9H2,1H3,(H2,14,16)/t12-/m1/s1. The van der Waals surface area contributed by atoms with Gasteiger partial charge in [-0.15, -0.1) is 0 Å². The number of amides is 1. The zero-order valence-electron chi connectivity index (χ0n) is 10.1. The van der Waals surface area contributed by atoms with E-state index in [1.807, 2.05) is 24.3 Å². The molecule has 92 valence electrons. The van der Waals surface area contributed by atoms with Gasteiger partial charge in [-0.2, -0.15) is 0 Å². The number of carbonyl (C=O) groups excluding carboxylic acids is 1. The summed E-state index contributed by atoms with van der Waals surface area (Å²) in [5.74, 6) is 0.510. The molecule has 1 fully saturated rings. The highest BCUT2D eigenvalue weighted by Gasteiger charge is 2.27. The average molecular weight is 234 g/mol. The van der Waals surface area contributed by atoms with Crippen LogP contribution in [0.5, 0.6) is 5.75 Å². The smallest absolute Gasteiger partial charge is 0.239 e. The van der Waals surface area contributed by atoms with Crippen molar-refractivity contribution in [1.82, 2.24) is 4.90 Å². The minimum atomic E-state index is -0.302. The second-order valence-corrected chi connectivity index (χ2v) is 4.32. The third kappa shape index (κ3) is 2.58. The molecule has 1 aromatic carbocycles. The Balaban J connectivity index is 2.22. The number of methoxy groups -OCH3 is 1. The largest absolute Gasteiger partial charge is 0.497 e. The number of hydrogen-bond acceptors (Lipinski definition) is 3. The first-order valence-corrected chi connectivity index (χ1v) is 5.89. The Bertz CT molecular complexity index is 383. The van der Waals surface area contributed by atoms with E-state index in [0.717, 1.165) is 37.2 Å². The predicted octanol–water partition coefficient (Wildman–Crippen LogP) is 1.32. The molecule has 1 amide bonds. The van der Waals surface area contributed by atoms with Crippen LogP contribution in [0.1, 0.15) is 24.4 Å². The lowest BCUT2D eigenvalue weighted by Crippen LogP contribution is -2.35. The van der Waals surface area contributed by atoms with Crippen molar-refractivity contribution in [1.29, 1.82) is 0 Å². The zero-order valence-corrected chi connectivity index (χ0v) is 10.1. The van der Waals surface area contributed by atoms with Crippen molar-refractivity contribution in [2.75, 3.05) is 20.2 Å². The fourth-order valence-corrected chi connectivity index (χ4v) is 2.34. The van der Waals surface area contributed by atoms with Gasteiger partial charge in [-0.25, -0.2) is 0 Å². The van der Waals surface area contributed by atoms with Gasteiger partial charge in [0.2, 0.25) is 5.91 Å². The van der Waals surface area contributed by atoms with E-state index in [0.29, 0.717) is 0 Å². The summed E-state index contributed by atoms with van der Waals surface area (Å²) >= 11 is 0. The molecule has 0 spiro atoms. The van der Waals surface area contributed by atoms with Crippen LogP contribution in [0.3, 0.4) is 0 Å². The van der Waals surface area contributed by atoms with Gasteiger partial charge in [0.1, 0.15) is 11.8 Å². The lowest BCUT2D eigenvalue weighted by molar-refractivity contribution is -0.123. The summed E-state index contributed by atoms with van der Waals surface area (Å²) in [6.45, 7) is 1.89. The molecule has 1 aromatic rings. The third-order valence-electron chi connectivity index (χ3n) is 3.21. The summed E-state index contributed by atoms with van der Waals surface area (Å²) < 4.78 is 5.11. The van der Waals surface area contributed by atoms with Crippen molar-refractivity contribution in [3.8, 4) is 5.75 Å². The molecule has 0 aliphatic carbocycles. The summed E-state index contributed by atoms with van der Waals surface area (Å²) in [4.78, 5) is 13.7. The molecule has 1 atom stereocenters. The van der Waals surface area contributed by atoms with Gasteiger partial charge in [-0.05, 0) is 43.6 Å². The van der Waals surface area contributed by atoms with Gasteiger partial charge in [0.25, 0.3) is 0 Å². The number of carbonyl (C=O) groups is 1. The second kappa shape index (κ2) is 5.19. The first-order chi connectivity index (χ1) is 8.22. The van der Waals surface area contributed by atoms with Gasteiger partial charge in [-0.3, -0.25) is 9.69 Å². The van der Waals surface area contributed by atoms with Gasteiger partial charge in [0.05, 0.1) is 7.11 Å². The number of likely N-dealkylation sites (tertiary alicyclic amines) is 1.